The summed E-state index contributed by atoms with van der Waals surface area (Å²) in [6.45, 7) is 5.81. The molecule has 0 spiro atoms. The van der Waals surface area contributed by atoms with Crippen molar-refractivity contribution in [1.82, 2.24) is 25.5 Å². The van der Waals surface area contributed by atoms with E-state index in [1.54, 1.807) is 6.20 Å². The number of aromatic nitrogens is 2. The number of H-pyrrole nitrogens is 1. The Morgan fingerprint density at radius 2 is 1.15 bits per heavy atom. The molecule has 0 unspecified atom stereocenters. The average Bonchev–Trinajstić information content (AvgIpc) is 3.94. The number of amides is 3. The molecule has 0 aromatic carbocycles. The number of aliphatic carboxylic acids is 4. The van der Waals surface area contributed by atoms with E-state index in [2.05, 4.69) is 32.4 Å². The fourth-order valence-electron chi connectivity index (χ4n) is 9.32. The van der Waals surface area contributed by atoms with Crippen molar-refractivity contribution in [3.63, 3.8) is 0 Å². The lowest BCUT2D eigenvalue weighted by Crippen LogP contribution is -2.39. The highest BCUT2D eigenvalue weighted by molar-refractivity contribution is 5.86. The molecule has 1 aliphatic rings. The van der Waals surface area contributed by atoms with Crippen LogP contribution in [0.1, 0.15) is 226 Å². The molecule has 0 bridgehead atoms. The first kappa shape index (κ1) is 72.4. The molecule has 1 aromatic rings. The normalized spacial score (nSPS) is 13.6. The van der Waals surface area contributed by atoms with Crippen LogP contribution in [0.2, 0.25) is 0 Å². The molecule has 21 heteroatoms. The number of aromatic amines is 1. The van der Waals surface area contributed by atoms with Gasteiger partial charge in [-0.2, -0.15) is 0 Å². The molecule has 0 radical (unpaired) electrons. The van der Waals surface area contributed by atoms with Crippen molar-refractivity contribution in [3.05, 3.63) is 18.2 Å². The first-order valence-corrected chi connectivity index (χ1v) is 29.8. The van der Waals surface area contributed by atoms with Gasteiger partial charge in [0.25, 0.3) is 0 Å². The molecule has 7 N–H and O–H groups in total. The zero-order valence-corrected chi connectivity index (χ0v) is 48.3. The molecule has 1 aromatic heterocycles. The van der Waals surface area contributed by atoms with Crippen LogP contribution in [0, 0.1) is 17.8 Å². The number of carboxylic acids is 4. The van der Waals surface area contributed by atoms with Crippen molar-refractivity contribution in [2.45, 2.75) is 232 Å². The van der Waals surface area contributed by atoms with Crippen LogP contribution in [0.15, 0.2) is 12.5 Å². The number of carbonyl (C=O) groups is 10. The summed E-state index contributed by atoms with van der Waals surface area (Å²) in [5, 5.41) is 41.5. The summed E-state index contributed by atoms with van der Waals surface area (Å²) in [6, 6.07) is -1.12. The van der Waals surface area contributed by atoms with Gasteiger partial charge in [-0.05, 0) is 70.1 Å². The number of nitrogens with one attached hydrogen (secondary N) is 3. The lowest BCUT2D eigenvalue weighted by molar-refractivity contribution is -0.145. The van der Waals surface area contributed by atoms with Crippen LogP contribution in [-0.2, 0) is 63.8 Å². The number of likely N-dealkylation sites (tertiary alicyclic amines) is 1. The molecule has 3 amide bonds. The molecular formula is C59H101N5O16. The number of aryl methyl sites for hydroxylation is 1. The zero-order chi connectivity index (χ0) is 59.2. The second-order valence-electron chi connectivity index (χ2n) is 21.6. The number of carboxylic acid groups (broad SMARTS) is 4. The molecule has 1 saturated heterocycles. The van der Waals surface area contributed by atoms with Crippen molar-refractivity contribution >= 4 is 58.9 Å². The summed E-state index contributed by atoms with van der Waals surface area (Å²) in [5.41, 5.74) is 0.797. The average molecular weight is 1140 g/mol. The number of ether oxygens (including phenoxy) is 2. The van der Waals surface area contributed by atoms with Crippen LogP contribution in [0.25, 0.3) is 0 Å². The van der Waals surface area contributed by atoms with E-state index in [-0.39, 0.29) is 104 Å². The molecular weight excluding hydrogens is 1030 g/mol. The van der Waals surface area contributed by atoms with Crippen molar-refractivity contribution in [3.8, 4) is 0 Å². The minimum absolute atomic E-state index is 0. The predicted molar refractivity (Wildman–Crippen MR) is 303 cm³/mol. The van der Waals surface area contributed by atoms with Gasteiger partial charge in [-0.25, -0.2) is 9.78 Å². The summed E-state index contributed by atoms with van der Waals surface area (Å²) in [5.74, 6) is -6.49. The maximum Gasteiger partial charge on any atom is 0.326 e. The van der Waals surface area contributed by atoms with E-state index < -0.39 is 59.4 Å². The van der Waals surface area contributed by atoms with Gasteiger partial charge in [0.2, 0.25) is 17.7 Å². The molecule has 80 heavy (non-hydrogen) atoms. The first-order valence-electron chi connectivity index (χ1n) is 29.8. The predicted octanol–water partition coefficient (Wildman–Crippen LogP) is 9.08. The standard InChI is InChI=1S/C33H50N4O13.C26H49NO3.H2/c1-22(38)37-29(33(47)48)11-10-26(39)6-4-14-49-15-16-50-20-28(41)18-24(32(45)46)7-12-30(42)35-13-3-2-5-23(31(43)44)17-27(40)9-8-25-19-34-21-36-25;1-24-20-22-27(23-21-24)25(28)18-16-14-12-10-8-6-4-2-3-5-7-9-11-13-15-17-19-26(29)30;/h19,21,23-24,29H,2-18,20H2,1H3,(H,34,36)(H,35,42)(H,37,38)(H,43,44)(H,45,46)(H,47,48);24H,2-23H2,1H3,(H,29,30);1H/t23-,24-,29+;;/m1../s1. The Hall–Kier alpha value is -5.57. The molecule has 458 valence electrons. The maximum absolute atomic E-state index is 12.2. The summed E-state index contributed by atoms with van der Waals surface area (Å²) < 4.78 is 10.6. The molecule has 1 fully saturated rings. The zero-order valence-electron chi connectivity index (χ0n) is 48.3. The number of carbonyl (C=O) groups excluding carboxylic acids is 6. The van der Waals surface area contributed by atoms with Crippen LogP contribution in [-0.4, -0.2) is 146 Å². The third-order valence-electron chi connectivity index (χ3n) is 14.3. The SMILES string of the molecule is CC(=O)N[C@@H](CCC(=O)CCCOCCOCC(=O)C[C@@H](CCC(=O)NCCCC[C@H](CC(=O)CCc1cnc[nH]1)C(=O)O)C(=O)O)C(=O)O.CC1CCN(C(=O)CCCCCCCCCCCCCCCCCCC(=O)O)CC1.[HH]. The highest BCUT2D eigenvalue weighted by atomic mass is 16.5. The summed E-state index contributed by atoms with van der Waals surface area (Å²) in [4.78, 5) is 125. The fourth-order valence-corrected chi connectivity index (χ4v) is 9.32. The molecule has 2 rings (SSSR count). The summed E-state index contributed by atoms with van der Waals surface area (Å²) in [6.07, 6.45) is 28.6. The van der Waals surface area contributed by atoms with E-state index in [9.17, 15) is 58.2 Å². The number of hydrogen-bond donors (Lipinski definition) is 7. The first-order chi connectivity index (χ1) is 38.4. The van der Waals surface area contributed by atoms with Gasteiger partial charge in [0.1, 0.15) is 24.2 Å². The van der Waals surface area contributed by atoms with Crippen molar-refractivity contribution in [2.24, 2.45) is 17.8 Å². The van der Waals surface area contributed by atoms with Gasteiger partial charge in [0, 0.05) is 97.8 Å². The largest absolute Gasteiger partial charge is 0.481 e. The second kappa shape index (κ2) is 47.1. The van der Waals surface area contributed by atoms with Gasteiger partial charge in [-0.1, -0.05) is 103 Å². The summed E-state index contributed by atoms with van der Waals surface area (Å²) in [7, 11) is 0. The van der Waals surface area contributed by atoms with Crippen LogP contribution in [0.5, 0.6) is 0 Å². The van der Waals surface area contributed by atoms with E-state index in [0.29, 0.717) is 38.0 Å². The number of unbranched alkanes of at least 4 members (excludes halogenated alkanes) is 16. The highest BCUT2D eigenvalue weighted by Gasteiger charge is 2.24. The van der Waals surface area contributed by atoms with Gasteiger partial charge >= 0.3 is 23.9 Å². The Kier molecular flexibility index (Phi) is 42.7. The highest BCUT2D eigenvalue weighted by Crippen LogP contribution is 2.20. The number of imidazole rings is 1. The second-order valence-corrected chi connectivity index (χ2v) is 21.6. The lowest BCUT2D eigenvalue weighted by Gasteiger charge is -2.30. The summed E-state index contributed by atoms with van der Waals surface area (Å²) >= 11 is 0. The Morgan fingerprint density at radius 3 is 1.69 bits per heavy atom. The van der Waals surface area contributed by atoms with Crippen LogP contribution >= 0.6 is 0 Å². The van der Waals surface area contributed by atoms with Gasteiger partial charge < -0.3 is 50.4 Å². The number of Topliss-reactive ketones (excluding diaryl/α,β-unsaturated/α-hetero) is 3. The van der Waals surface area contributed by atoms with Crippen molar-refractivity contribution in [2.75, 3.05) is 46.1 Å². The van der Waals surface area contributed by atoms with Crippen LogP contribution in [0.3, 0.4) is 0 Å². The van der Waals surface area contributed by atoms with Crippen molar-refractivity contribution < 1.29 is 79.3 Å². The van der Waals surface area contributed by atoms with E-state index in [0.717, 1.165) is 50.4 Å². The number of piperidine rings is 1. The topological polar surface area (TPSA) is 326 Å². The fraction of sp³-hybridized carbons (Fsp3) is 0.780. The Morgan fingerprint density at radius 1 is 0.600 bits per heavy atom. The number of ketones is 3. The van der Waals surface area contributed by atoms with Crippen LogP contribution in [0.4, 0.5) is 0 Å². The lowest BCUT2D eigenvalue weighted by atomic mass is 9.94. The molecule has 21 nitrogen and oxygen atoms in total. The molecule has 0 saturated carbocycles. The smallest absolute Gasteiger partial charge is 0.326 e. The quantitative estimate of drug-likeness (QED) is 0.0299. The molecule has 2 heterocycles. The third kappa shape index (κ3) is 41.4. The minimum Gasteiger partial charge on any atom is -0.481 e. The van der Waals surface area contributed by atoms with Gasteiger partial charge in [0.15, 0.2) is 5.78 Å². The number of hydrogen-bond acceptors (Lipinski definition) is 13. The van der Waals surface area contributed by atoms with E-state index >= 15 is 0 Å². The third-order valence-corrected chi connectivity index (χ3v) is 14.3. The molecule has 3 atom stereocenters. The Labute approximate surface area is 476 Å². The molecule has 1 aliphatic heterocycles. The van der Waals surface area contributed by atoms with E-state index in [4.69, 9.17) is 19.7 Å². The number of rotatable bonds is 50. The maximum atomic E-state index is 12.2. The minimum atomic E-state index is -1.21. The van der Waals surface area contributed by atoms with Gasteiger partial charge in [-0.15, -0.1) is 0 Å². The molecule has 0 aliphatic carbocycles. The Balaban J connectivity index is 0.00000176. The van der Waals surface area contributed by atoms with Gasteiger partial charge in [-0.3, -0.25) is 43.2 Å². The number of nitrogens with zero attached hydrogens (tertiary/aromatic N) is 2. The monoisotopic (exact) mass is 1140 g/mol. The Bertz CT molecular complexity index is 1930. The van der Waals surface area contributed by atoms with Gasteiger partial charge in [0.05, 0.1) is 31.4 Å². The van der Waals surface area contributed by atoms with Crippen molar-refractivity contribution in [1.29, 1.82) is 0 Å². The van der Waals surface area contributed by atoms with E-state index in [1.165, 1.54) is 110 Å². The van der Waals surface area contributed by atoms with Crippen LogP contribution < -0.4 is 10.6 Å². The van der Waals surface area contributed by atoms with E-state index in [1.807, 2.05) is 0 Å².